The fourth-order valence-corrected chi connectivity index (χ4v) is 2.89. The van der Waals surface area contributed by atoms with Gasteiger partial charge in [0.2, 0.25) is 0 Å². The third-order valence-electron chi connectivity index (χ3n) is 2.79. The first-order valence-electron chi connectivity index (χ1n) is 4.33. The number of rotatable bonds is 0. The Morgan fingerprint density at radius 1 is 0.875 bits per heavy atom. The van der Waals surface area contributed by atoms with Crippen molar-refractivity contribution in [2.24, 2.45) is 0 Å². The molecule has 92 valence electrons. The predicted molar refractivity (Wildman–Crippen MR) is 42.5 cm³/mol. The van der Waals surface area contributed by atoms with Crippen molar-refractivity contribution in [3.05, 3.63) is 0 Å². The molecule has 0 radical (unpaired) electrons. The maximum Gasteiger partial charge on any atom is 0.772 e. The first-order valence-corrected chi connectivity index (χ1v) is 5.55. The highest BCUT2D eigenvalue weighted by molar-refractivity contribution is 6.27. The minimum Gasteiger partial charge on any atom is -0.459 e. The van der Waals surface area contributed by atoms with Gasteiger partial charge in [-0.1, -0.05) is 0 Å². The Balaban J connectivity index is 2.48. The minimum atomic E-state index is -3.36. The number of fused-ring (bicyclic) bond motifs is 1. The molecule has 0 aromatic rings. The summed E-state index contributed by atoms with van der Waals surface area (Å²) in [5, 5.41) is 56.8. The second-order valence-corrected chi connectivity index (χ2v) is 4.63. The molecule has 6 N–H and O–H groups in total. The Hall–Kier alpha value is -0.623. The average Bonchev–Trinajstić information content (AvgIpc) is 2.46. The van der Waals surface area contributed by atoms with Gasteiger partial charge in [0, 0.05) is 0 Å². The highest BCUT2D eigenvalue weighted by atomic mass is 28.3. The highest BCUT2D eigenvalue weighted by Gasteiger charge is 2.76. The van der Waals surface area contributed by atoms with Gasteiger partial charge in [0.05, 0.1) is 0 Å². The van der Waals surface area contributed by atoms with Crippen LogP contribution < -0.4 is 0 Å². The molecule has 0 amide bonds. The lowest BCUT2D eigenvalue weighted by molar-refractivity contribution is -0.400. The van der Waals surface area contributed by atoms with E-state index in [1.54, 1.807) is 0 Å². The van der Waals surface area contributed by atoms with Gasteiger partial charge in [0.25, 0.3) is 11.6 Å². The SMILES string of the molecule is O=[Si]1O[C@@]2(O)[C@@H](O)[C@H](O)[C@@H](O)[C@@H](O)[C@@]2(O)O1. The van der Waals surface area contributed by atoms with Crippen molar-refractivity contribution in [1.82, 2.24) is 0 Å². The lowest BCUT2D eigenvalue weighted by atomic mass is 9.79. The zero-order chi connectivity index (χ0) is 12.3. The molecule has 10 heteroatoms. The molecule has 0 unspecified atom stereocenters. The van der Waals surface area contributed by atoms with Gasteiger partial charge in [-0.05, 0) is 0 Å². The molecule has 16 heavy (non-hydrogen) atoms. The third-order valence-corrected chi connectivity index (χ3v) is 3.75. The lowest BCUT2D eigenvalue weighted by Gasteiger charge is -2.47. The van der Waals surface area contributed by atoms with Crippen LogP contribution in [0.25, 0.3) is 0 Å². The second-order valence-electron chi connectivity index (χ2n) is 3.72. The Labute approximate surface area is 90.0 Å². The highest BCUT2D eigenvalue weighted by Crippen LogP contribution is 2.43. The lowest BCUT2D eigenvalue weighted by Crippen LogP contribution is -2.76. The third kappa shape index (κ3) is 1.14. The van der Waals surface area contributed by atoms with E-state index in [0.717, 1.165) is 0 Å². The smallest absolute Gasteiger partial charge is 0.459 e. The molecule has 1 saturated heterocycles. The molecule has 6 atom stereocenters. The molecule has 0 bridgehead atoms. The molecule has 0 aromatic heterocycles. The minimum absolute atomic E-state index is 1.99. The maximum absolute atomic E-state index is 11.0. The summed E-state index contributed by atoms with van der Waals surface area (Å²) in [6, 6.07) is 0. The van der Waals surface area contributed by atoms with Gasteiger partial charge in [0.1, 0.15) is 12.2 Å². The van der Waals surface area contributed by atoms with Crippen LogP contribution in [-0.2, 0) is 13.3 Å². The Morgan fingerprint density at radius 3 is 1.50 bits per heavy atom. The molecule has 1 aliphatic heterocycles. The van der Waals surface area contributed by atoms with Gasteiger partial charge in [-0.15, -0.1) is 0 Å². The first kappa shape index (κ1) is 11.9. The molecule has 2 fully saturated rings. The molecule has 9 nitrogen and oxygen atoms in total. The Morgan fingerprint density at radius 2 is 1.19 bits per heavy atom. The molecule has 0 aromatic carbocycles. The zero-order valence-corrected chi connectivity index (χ0v) is 8.72. The number of hydrogen-bond donors (Lipinski definition) is 6. The van der Waals surface area contributed by atoms with Crippen LogP contribution in [0.5, 0.6) is 0 Å². The van der Waals surface area contributed by atoms with E-state index >= 15 is 0 Å². The maximum atomic E-state index is 11.0. The molecule has 1 saturated carbocycles. The van der Waals surface area contributed by atoms with E-state index in [2.05, 4.69) is 8.85 Å². The normalized spacial score (nSPS) is 56.5. The Bertz CT molecular complexity index is 306. The van der Waals surface area contributed by atoms with Gasteiger partial charge in [0.15, 0.2) is 12.2 Å². The van der Waals surface area contributed by atoms with Gasteiger partial charge >= 0.3 is 9.17 Å². The summed E-state index contributed by atoms with van der Waals surface area (Å²) in [5.74, 6) is -5.91. The summed E-state index contributed by atoms with van der Waals surface area (Å²) in [6.45, 7) is 0. The molecule has 2 aliphatic rings. The molecule has 0 spiro atoms. The quantitative estimate of drug-likeness (QED) is 0.234. The van der Waals surface area contributed by atoms with E-state index in [4.69, 9.17) is 0 Å². The predicted octanol–water partition coefficient (Wildman–Crippen LogP) is -4.72. The standard InChI is InChI=1S/C6H10O9Si/c7-1-2(8)4(10)6(12)5(11,3(1)9)14-16(13)15-6/h1-4,7-12H/t1-,2-,3-,4+,5-,6+/m1/s1. The summed E-state index contributed by atoms with van der Waals surface area (Å²) >= 11 is 0. The fourth-order valence-electron chi connectivity index (χ4n) is 1.80. The van der Waals surface area contributed by atoms with Crippen molar-refractivity contribution >= 4 is 9.17 Å². The number of aliphatic hydroxyl groups excluding tert-OH is 4. The molecule has 1 aliphatic carbocycles. The molecular formula is C6H10O9Si. The van der Waals surface area contributed by atoms with Crippen LogP contribution in [0.4, 0.5) is 0 Å². The summed E-state index contributed by atoms with van der Waals surface area (Å²) in [5.41, 5.74) is 0. The van der Waals surface area contributed by atoms with E-state index in [-0.39, 0.29) is 0 Å². The van der Waals surface area contributed by atoms with Crippen molar-refractivity contribution in [2.75, 3.05) is 0 Å². The van der Waals surface area contributed by atoms with Crippen molar-refractivity contribution in [1.29, 1.82) is 0 Å². The zero-order valence-electron chi connectivity index (χ0n) is 7.72. The van der Waals surface area contributed by atoms with Crippen molar-refractivity contribution in [3.8, 4) is 0 Å². The van der Waals surface area contributed by atoms with E-state index in [9.17, 15) is 35.1 Å². The van der Waals surface area contributed by atoms with Crippen molar-refractivity contribution in [2.45, 2.75) is 36.0 Å². The van der Waals surface area contributed by atoms with E-state index in [1.165, 1.54) is 0 Å². The topological polar surface area (TPSA) is 157 Å². The van der Waals surface area contributed by atoms with Gasteiger partial charge in [-0.3, -0.25) is 4.46 Å². The van der Waals surface area contributed by atoms with E-state index in [0.29, 0.717) is 0 Å². The van der Waals surface area contributed by atoms with Crippen LogP contribution in [-0.4, -0.2) is 75.8 Å². The number of aliphatic hydroxyl groups is 6. The van der Waals surface area contributed by atoms with Crippen LogP contribution >= 0.6 is 0 Å². The first-order chi connectivity index (χ1) is 7.24. The molecule has 1 heterocycles. The van der Waals surface area contributed by atoms with Crippen LogP contribution in [0.15, 0.2) is 0 Å². The summed E-state index contributed by atoms with van der Waals surface area (Å²) < 4.78 is 19.6. The van der Waals surface area contributed by atoms with E-state index in [1.807, 2.05) is 0 Å². The largest absolute Gasteiger partial charge is 0.772 e. The summed E-state index contributed by atoms with van der Waals surface area (Å²) in [6.07, 6.45) is -8.35. The van der Waals surface area contributed by atoms with Crippen molar-refractivity contribution < 1.29 is 44.0 Å². The second kappa shape index (κ2) is 3.19. The number of hydrogen-bond acceptors (Lipinski definition) is 9. The van der Waals surface area contributed by atoms with Crippen LogP contribution in [0, 0.1) is 0 Å². The van der Waals surface area contributed by atoms with Gasteiger partial charge < -0.3 is 39.5 Å². The Kier molecular flexibility index (Phi) is 2.37. The van der Waals surface area contributed by atoms with Crippen molar-refractivity contribution in [3.63, 3.8) is 0 Å². The van der Waals surface area contributed by atoms with E-state index < -0.39 is 45.2 Å². The summed E-state index contributed by atoms with van der Waals surface area (Å²) in [4.78, 5) is 0. The monoisotopic (exact) mass is 254 g/mol. The molecule has 2 rings (SSSR count). The summed E-state index contributed by atoms with van der Waals surface area (Å²) in [7, 11) is -3.36. The fraction of sp³-hybridized carbons (Fsp3) is 1.00. The van der Waals surface area contributed by atoms with Crippen LogP contribution in [0.2, 0.25) is 0 Å². The van der Waals surface area contributed by atoms with Crippen LogP contribution in [0.3, 0.4) is 0 Å². The molecular weight excluding hydrogens is 244 g/mol. The van der Waals surface area contributed by atoms with Crippen LogP contribution in [0.1, 0.15) is 0 Å². The van der Waals surface area contributed by atoms with Gasteiger partial charge in [-0.2, -0.15) is 0 Å². The van der Waals surface area contributed by atoms with Gasteiger partial charge in [-0.25, -0.2) is 0 Å². The average molecular weight is 254 g/mol.